The molecule has 0 aliphatic heterocycles. The Morgan fingerprint density at radius 3 is 1.47 bits per heavy atom. The second-order valence-electron chi connectivity index (χ2n) is 18.9. The minimum Gasteiger partial charge on any atom is -0.422 e. The molecule has 7 heteroatoms. The van der Waals surface area contributed by atoms with Crippen molar-refractivity contribution in [3.05, 3.63) is 254 Å². The number of imidazole rings is 3. The number of aryl methyl sites for hydroxylation is 1. The van der Waals surface area contributed by atoms with Gasteiger partial charge in [0.1, 0.15) is 0 Å². The van der Waals surface area contributed by atoms with Crippen LogP contribution in [0.3, 0.4) is 0 Å². The monoisotopic (exact) mass is 963 g/mol. The van der Waals surface area contributed by atoms with Crippen molar-refractivity contribution < 1.29 is 8.53 Å². The van der Waals surface area contributed by atoms with E-state index in [1.165, 1.54) is 0 Å². The lowest BCUT2D eigenvalue weighted by Gasteiger charge is -2.29. The molecule has 0 aliphatic rings. The van der Waals surface area contributed by atoms with Crippen molar-refractivity contribution in [3.8, 4) is 83.6 Å². The van der Waals surface area contributed by atoms with Crippen molar-refractivity contribution >= 4 is 56.0 Å². The molecule has 0 N–H and O–H groups in total. The van der Waals surface area contributed by atoms with Gasteiger partial charge >= 0.3 is 5.84 Å². The van der Waals surface area contributed by atoms with E-state index in [0.29, 0.717) is 33.7 Å². The standard InChI is InChI=1S/C68H44N6O/c1-43-35-40-56-65(75-68-71-66-57(74(56)68)34-19-41-69-66)58(43)48-36-38-49(39-37-48)63-61(46-24-10-4-11-25-46)59(44-20-6-2-7-21-44)60(45-22-8-3-9-23-45)62(47-26-12-5-13-27-47)64(63)50-28-18-29-51(42-50)72-54-32-16-17-33-55(54)73-53-31-15-14-30-52(53)70-67(72)73/h2-42H,1H3/i1D3. The normalized spacial score (nSPS) is 12.6. The zero-order valence-corrected chi connectivity index (χ0v) is 40.3. The molecule has 0 fully saturated rings. The van der Waals surface area contributed by atoms with Gasteiger partial charge in [-0.25, -0.2) is 9.97 Å². The van der Waals surface area contributed by atoms with Crippen LogP contribution in [0.2, 0.25) is 0 Å². The fraction of sp³-hybridized carbons (Fsp3) is 0.0147. The van der Waals surface area contributed by atoms with Crippen molar-refractivity contribution in [3.63, 3.8) is 0 Å². The van der Waals surface area contributed by atoms with Gasteiger partial charge in [0.05, 0.1) is 33.1 Å². The van der Waals surface area contributed by atoms with Gasteiger partial charge in [-0.05, 0) is 139 Å². The van der Waals surface area contributed by atoms with Gasteiger partial charge in [0.15, 0.2) is 11.2 Å². The van der Waals surface area contributed by atoms with Crippen LogP contribution in [0.15, 0.2) is 253 Å². The molecule has 7 nitrogen and oxygen atoms in total. The number of fused-ring (bicyclic) bond motifs is 10. The number of hydrogen-bond acceptors (Lipinski definition) is 4. The molecule has 0 saturated carbocycles. The number of oxazole rings is 1. The van der Waals surface area contributed by atoms with Crippen molar-refractivity contribution in [1.82, 2.24) is 28.3 Å². The van der Waals surface area contributed by atoms with E-state index in [1.807, 2.05) is 40.8 Å². The molecule has 0 saturated heterocycles. The average molecular weight is 964 g/mol. The lowest BCUT2D eigenvalue weighted by Crippen LogP contribution is -2.03. The number of rotatable bonds is 8. The summed E-state index contributed by atoms with van der Waals surface area (Å²) < 4.78 is 39.5. The maximum atomic E-state index is 8.83. The first-order valence-corrected chi connectivity index (χ1v) is 25.1. The average Bonchev–Trinajstić information content (AvgIpc) is 4.29. The number of aromatic nitrogens is 6. The van der Waals surface area contributed by atoms with E-state index in [4.69, 9.17) is 18.5 Å². The lowest BCUT2D eigenvalue weighted by atomic mass is 9.74. The third-order valence-corrected chi connectivity index (χ3v) is 14.7. The number of nitrogens with zero attached hydrogens (tertiary/aromatic N) is 6. The van der Waals surface area contributed by atoms with E-state index in [-0.39, 0.29) is 5.56 Å². The summed E-state index contributed by atoms with van der Waals surface area (Å²) in [6.07, 6.45) is 1.70. The lowest BCUT2D eigenvalue weighted by molar-refractivity contribution is 0.643. The van der Waals surface area contributed by atoms with E-state index >= 15 is 0 Å². The van der Waals surface area contributed by atoms with Crippen molar-refractivity contribution in [1.29, 1.82) is 0 Å². The van der Waals surface area contributed by atoms with Crippen LogP contribution < -0.4 is 0 Å². The summed E-state index contributed by atoms with van der Waals surface area (Å²) in [6.45, 7) is -2.46. The molecule has 0 atom stereocenters. The van der Waals surface area contributed by atoms with Gasteiger partial charge in [-0.1, -0.05) is 188 Å². The molecule has 0 bridgehead atoms. The second-order valence-corrected chi connectivity index (χ2v) is 18.9. The quantitative estimate of drug-likeness (QED) is 0.152. The van der Waals surface area contributed by atoms with Gasteiger partial charge in [-0.3, -0.25) is 13.4 Å². The second kappa shape index (κ2) is 17.0. The Kier molecular flexibility index (Phi) is 8.96. The molecule has 15 rings (SSSR count). The molecule has 352 valence electrons. The highest BCUT2D eigenvalue weighted by Gasteiger charge is 2.30. The van der Waals surface area contributed by atoms with Crippen LogP contribution >= 0.6 is 0 Å². The topological polar surface area (TPSA) is 65.6 Å². The van der Waals surface area contributed by atoms with Crippen LogP contribution in [0.4, 0.5) is 0 Å². The first kappa shape index (κ1) is 39.5. The number of hydrogen-bond donors (Lipinski definition) is 0. The molecule has 0 amide bonds. The zero-order valence-electron chi connectivity index (χ0n) is 43.3. The van der Waals surface area contributed by atoms with Gasteiger partial charge < -0.3 is 4.42 Å². The molecule has 75 heavy (non-hydrogen) atoms. The highest BCUT2D eigenvalue weighted by molar-refractivity contribution is 6.15. The van der Waals surface area contributed by atoms with Gasteiger partial charge in [-0.2, -0.15) is 4.98 Å². The number of pyridine rings is 1. The molecule has 10 aromatic carbocycles. The highest BCUT2D eigenvalue weighted by Crippen LogP contribution is 2.56. The van der Waals surface area contributed by atoms with Gasteiger partial charge in [0.25, 0.3) is 0 Å². The minimum absolute atomic E-state index is 0.187. The molecule has 5 aromatic heterocycles. The Morgan fingerprint density at radius 1 is 0.373 bits per heavy atom. The van der Waals surface area contributed by atoms with E-state index in [2.05, 4.69) is 214 Å². The molecule has 0 radical (unpaired) electrons. The molecule has 0 unspecified atom stereocenters. The third kappa shape index (κ3) is 6.65. The maximum absolute atomic E-state index is 8.83. The Labute approximate surface area is 435 Å². The summed E-state index contributed by atoms with van der Waals surface area (Å²) in [4.78, 5) is 14.5. The van der Waals surface area contributed by atoms with Gasteiger partial charge in [0, 0.05) is 21.6 Å². The summed E-state index contributed by atoms with van der Waals surface area (Å²) in [5.41, 5.74) is 21.4. The molecule has 0 aliphatic carbocycles. The van der Waals surface area contributed by atoms with E-state index in [9.17, 15) is 0 Å². The third-order valence-electron chi connectivity index (χ3n) is 14.7. The van der Waals surface area contributed by atoms with Crippen molar-refractivity contribution in [2.24, 2.45) is 0 Å². The van der Waals surface area contributed by atoms with Crippen LogP contribution in [-0.2, 0) is 0 Å². The van der Waals surface area contributed by atoms with E-state index < -0.39 is 6.85 Å². The SMILES string of the molecule is [2H]C([2H])([2H])c1ccc2c(oc3nc4ncccc4n32)c1-c1ccc(-c2c(-c3ccccc3)c(-c3ccccc3)c(-c3ccccc3)c(-c3ccccc3)c2-c2cccc(-n3c4ccccc4n4c5ccccc5nc34)c2)cc1. The Hall–Kier alpha value is -10.1. The molecular weight excluding hydrogens is 917 g/mol. The smallest absolute Gasteiger partial charge is 0.309 e. The Bertz CT molecular complexity index is 4810. The van der Waals surface area contributed by atoms with Crippen LogP contribution in [0, 0.1) is 6.85 Å². The number of benzene rings is 10. The minimum atomic E-state index is -2.46. The number of para-hydroxylation sites is 4. The highest BCUT2D eigenvalue weighted by atomic mass is 16.4. The van der Waals surface area contributed by atoms with Crippen LogP contribution in [0.1, 0.15) is 9.68 Å². The molecule has 15 aromatic rings. The summed E-state index contributed by atoms with van der Waals surface area (Å²) in [7, 11) is 0. The predicted molar refractivity (Wildman–Crippen MR) is 306 cm³/mol. The van der Waals surface area contributed by atoms with Crippen molar-refractivity contribution in [2.45, 2.75) is 6.85 Å². The van der Waals surface area contributed by atoms with Gasteiger partial charge in [0.2, 0.25) is 5.78 Å². The van der Waals surface area contributed by atoms with Gasteiger partial charge in [-0.15, -0.1) is 0 Å². The molecule has 0 spiro atoms. The Morgan fingerprint density at radius 2 is 0.867 bits per heavy atom. The maximum Gasteiger partial charge on any atom is 0.309 e. The van der Waals surface area contributed by atoms with Crippen molar-refractivity contribution in [2.75, 3.05) is 0 Å². The van der Waals surface area contributed by atoms with Crippen LogP contribution in [0.5, 0.6) is 0 Å². The summed E-state index contributed by atoms with van der Waals surface area (Å²) in [5, 5.41) is 0. The molecule has 5 heterocycles. The van der Waals surface area contributed by atoms with E-state index in [0.717, 1.165) is 106 Å². The fourth-order valence-corrected chi connectivity index (χ4v) is 11.5. The Balaban J connectivity index is 1.07. The van der Waals surface area contributed by atoms with Crippen LogP contribution in [-0.4, -0.2) is 28.3 Å². The predicted octanol–water partition coefficient (Wildman–Crippen LogP) is 17.4. The first-order valence-electron chi connectivity index (χ1n) is 26.6. The zero-order chi connectivity index (χ0) is 52.1. The fourth-order valence-electron chi connectivity index (χ4n) is 11.5. The van der Waals surface area contributed by atoms with Crippen LogP contribution in [0.25, 0.3) is 140 Å². The largest absolute Gasteiger partial charge is 0.422 e. The summed E-state index contributed by atoms with van der Waals surface area (Å²) in [5.74, 6) is 1.16. The first-order chi connectivity index (χ1) is 38.4. The molecular formula is C68H44N6O. The van der Waals surface area contributed by atoms with E-state index in [1.54, 1.807) is 12.3 Å². The summed E-state index contributed by atoms with van der Waals surface area (Å²) in [6, 6.07) is 84.3. The summed E-state index contributed by atoms with van der Waals surface area (Å²) >= 11 is 0.